The highest BCUT2D eigenvalue weighted by Crippen LogP contribution is 2.27. The standard InChI is InChI=1S/C23H24N4O2/c1-15-8-5-6-10-18(15)19-12-13-22(24-17(19)3)29-14-20-16(2)9-7-11-21(20)27-23(28)26(4)25-27/h5-13,25H,14H2,1-4H3. The van der Waals surface area contributed by atoms with E-state index >= 15 is 0 Å². The molecule has 0 saturated heterocycles. The Balaban J connectivity index is 1.60. The van der Waals surface area contributed by atoms with Crippen molar-refractivity contribution in [3.8, 4) is 22.7 Å². The lowest BCUT2D eigenvalue weighted by Crippen LogP contribution is -2.40. The molecular formula is C23H24N4O2. The van der Waals surface area contributed by atoms with Crippen LogP contribution in [0.4, 0.5) is 0 Å². The van der Waals surface area contributed by atoms with E-state index in [9.17, 15) is 4.79 Å². The van der Waals surface area contributed by atoms with Gasteiger partial charge in [0.05, 0.1) is 5.69 Å². The van der Waals surface area contributed by atoms with Gasteiger partial charge in [0.15, 0.2) is 0 Å². The van der Waals surface area contributed by atoms with Crippen LogP contribution in [0, 0.1) is 20.8 Å². The third kappa shape index (κ3) is 3.49. The van der Waals surface area contributed by atoms with Gasteiger partial charge in [-0.2, -0.15) is 4.68 Å². The maximum atomic E-state index is 12.1. The van der Waals surface area contributed by atoms with E-state index in [1.54, 1.807) is 7.05 Å². The number of benzene rings is 2. The summed E-state index contributed by atoms with van der Waals surface area (Å²) in [6, 6.07) is 18.1. The van der Waals surface area contributed by atoms with Gasteiger partial charge in [-0.1, -0.05) is 36.4 Å². The number of hydrogen-bond acceptors (Lipinski definition) is 3. The number of ether oxygens (including phenoxy) is 1. The Labute approximate surface area is 169 Å². The van der Waals surface area contributed by atoms with Crippen molar-refractivity contribution in [3.63, 3.8) is 0 Å². The van der Waals surface area contributed by atoms with Crippen LogP contribution in [0.2, 0.25) is 0 Å². The Morgan fingerprint density at radius 1 is 0.931 bits per heavy atom. The van der Waals surface area contributed by atoms with Crippen molar-refractivity contribution >= 4 is 0 Å². The van der Waals surface area contributed by atoms with Gasteiger partial charge in [0.25, 0.3) is 0 Å². The highest BCUT2D eigenvalue weighted by molar-refractivity contribution is 5.69. The molecule has 0 aliphatic carbocycles. The van der Waals surface area contributed by atoms with Crippen LogP contribution in [0.1, 0.15) is 22.4 Å². The predicted octanol–water partition coefficient (Wildman–Crippen LogP) is 4.07. The minimum atomic E-state index is -0.103. The van der Waals surface area contributed by atoms with Crippen molar-refractivity contribution < 1.29 is 4.74 Å². The summed E-state index contributed by atoms with van der Waals surface area (Å²) in [7, 11) is 1.69. The quantitative estimate of drug-likeness (QED) is 0.560. The molecule has 0 aliphatic rings. The van der Waals surface area contributed by atoms with E-state index in [-0.39, 0.29) is 5.69 Å². The summed E-state index contributed by atoms with van der Waals surface area (Å²) in [6.07, 6.45) is 0. The number of aromatic nitrogens is 4. The Morgan fingerprint density at radius 2 is 1.69 bits per heavy atom. The molecular weight excluding hydrogens is 364 g/mol. The molecule has 0 aliphatic heterocycles. The maximum Gasteiger partial charge on any atom is 0.364 e. The minimum Gasteiger partial charge on any atom is -0.473 e. The topological polar surface area (TPSA) is 64.8 Å². The van der Waals surface area contributed by atoms with Gasteiger partial charge in [-0.3, -0.25) is 0 Å². The molecule has 0 atom stereocenters. The fourth-order valence-corrected chi connectivity index (χ4v) is 3.51. The van der Waals surface area contributed by atoms with E-state index in [0.717, 1.165) is 28.1 Å². The molecule has 4 rings (SSSR count). The molecule has 148 valence electrons. The number of pyridine rings is 1. The number of nitrogens with one attached hydrogen (secondary N) is 1. The monoisotopic (exact) mass is 388 g/mol. The van der Waals surface area contributed by atoms with E-state index in [1.807, 2.05) is 56.3 Å². The number of rotatable bonds is 5. The lowest BCUT2D eigenvalue weighted by molar-refractivity contribution is 0.291. The van der Waals surface area contributed by atoms with Crippen molar-refractivity contribution in [2.75, 3.05) is 0 Å². The second-order valence-corrected chi connectivity index (χ2v) is 7.24. The van der Waals surface area contributed by atoms with Gasteiger partial charge in [-0.05, 0) is 49.6 Å². The van der Waals surface area contributed by atoms with Crippen molar-refractivity contribution in [1.82, 2.24) is 19.6 Å². The van der Waals surface area contributed by atoms with E-state index < -0.39 is 0 Å². The lowest BCUT2D eigenvalue weighted by Gasteiger charge is -2.18. The molecule has 6 heteroatoms. The van der Waals surface area contributed by atoms with Crippen LogP contribution in [0.15, 0.2) is 59.4 Å². The summed E-state index contributed by atoms with van der Waals surface area (Å²) in [5, 5.41) is 2.96. The first kappa shape index (κ1) is 18.8. The zero-order chi connectivity index (χ0) is 20.5. The number of hydrogen-bond donors (Lipinski definition) is 1. The smallest absolute Gasteiger partial charge is 0.364 e. The number of H-pyrrole nitrogens is 1. The van der Waals surface area contributed by atoms with Crippen molar-refractivity contribution in [2.24, 2.45) is 7.05 Å². The molecule has 0 radical (unpaired) electrons. The van der Waals surface area contributed by atoms with Gasteiger partial charge in [0.2, 0.25) is 5.88 Å². The number of aryl methyl sites for hydroxylation is 4. The van der Waals surface area contributed by atoms with E-state index in [1.165, 1.54) is 20.5 Å². The van der Waals surface area contributed by atoms with Crippen LogP contribution in [-0.2, 0) is 13.7 Å². The zero-order valence-corrected chi connectivity index (χ0v) is 17.1. The first-order valence-electron chi connectivity index (χ1n) is 9.54. The largest absolute Gasteiger partial charge is 0.473 e. The maximum absolute atomic E-state index is 12.1. The summed E-state index contributed by atoms with van der Waals surface area (Å²) >= 11 is 0. The SMILES string of the molecule is Cc1ccccc1-c1ccc(OCc2c(C)cccc2-n2[nH]n(C)c2=O)nc1C. The van der Waals surface area contributed by atoms with Gasteiger partial charge in [0.1, 0.15) is 6.61 Å². The number of aromatic amines is 1. The van der Waals surface area contributed by atoms with Crippen molar-refractivity contribution in [2.45, 2.75) is 27.4 Å². The molecule has 2 heterocycles. The average Bonchev–Trinajstić information content (AvgIpc) is 2.71. The average molecular weight is 388 g/mol. The van der Waals surface area contributed by atoms with Crippen LogP contribution >= 0.6 is 0 Å². The van der Waals surface area contributed by atoms with E-state index in [0.29, 0.717) is 12.5 Å². The van der Waals surface area contributed by atoms with E-state index in [4.69, 9.17) is 4.74 Å². The molecule has 4 aromatic rings. The van der Waals surface area contributed by atoms with Crippen molar-refractivity contribution in [3.05, 3.63) is 87.5 Å². The second-order valence-electron chi connectivity index (χ2n) is 7.24. The van der Waals surface area contributed by atoms with Crippen LogP contribution in [0.3, 0.4) is 0 Å². The second kappa shape index (κ2) is 7.47. The molecule has 0 bridgehead atoms. The van der Waals surface area contributed by atoms with Gasteiger partial charge >= 0.3 is 5.69 Å². The first-order valence-corrected chi connectivity index (χ1v) is 9.54. The number of nitrogens with zero attached hydrogens (tertiary/aromatic N) is 3. The molecule has 0 spiro atoms. The molecule has 0 unspecified atom stereocenters. The first-order chi connectivity index (χ1) is 14.0. The van der Waals surface area contributed by atoms with Crippen LogP contribution in [0.25, 0.3) is 16.8 Å². The highest BCUT2D eigenvalue weighted by atomic mass is 16.5. The molecule has 2 aromatic carbocycles. The Bertz CT molecular complexity index is 1230. The normalized spacial score (nSPS) is 11.0. The third-order valence-corrected chi connectivity index (χ3v) is 5.21. The molecule has 1 N–H and O–H groups in total. The highest BCUT2D eigenvalue weighted by Gasteiger charge is 2.14. The Morgan fingerprint density at radius 3 is 2.38 bits per heavy atom. The van der Waals surface area contributed by atoms with Crippen LogP contribution in [0.5, 0.6) is 5.88 Å². The minimum absolute atomic E-state index is 0.103. The van der Waals surface area contributed by atoms with Crippen LogP contribution < -0.4 is 10.4 Å². The van der Waals surface area contributed by atoms with Crippen molar-refractivity contribution in [1.29, 1.82) is 0 Å². The molecule has 29 heavy (non-hydrogen) atoms. The summed E-state index contributed by atoms with van der Waals surface area (Å²) in [6.45, 7) is 6.43. The lowest BCUT2D eigenvalue weighted by atomic mass is 10.00. The molecule has 6 nitrogen and oxygen atoms in total. The van der Waals surface area contributed by atoms with E-state index in [2.05, 4.69) is 29.3 Å². The fourth-order valence-electron chi connectivity index (χ4n) is 3.51. The molecule has 0 fully saturated rings. The summed E-state index contributed by atoms with van der Waals surface area (Å²) in [5.74, 6) is 0.564. The fraction of sp³-hybridized carbons (Fsp3) is 0.217. The molecule has 0 amide bonds. The van der Waals surface area contributed by atoms with Crippen LogP contribution in [-0.4, -0.2) is 19.6 Å². The van der Waals surface area contributed by atoms with Gasteiger partial charge in [0, 0.05) is 29.9 Å². The summed E-state index contributed by atoms with van der Waals surface area (Å²) < 4.78 is 8.96. The Hall–Kier alpha value is -3.54. The third-order valence-electron chi connectivity index (χ3n) is 5.21. The summed E-state index contributed by atoms with van der Waals surface area (Å²) in [4.78, 5) is 16.7. The Kier molecular flexibility index (Phi) is 4.84. The molecule has 2 aromatic heterocycles. The van der Waals surface area contributed by atoms with Gasteiger partial charge < -0.3 is 4.74 Å². The molecule has 0 saturated carbocycles. The zero-order valence-electron chi connectivity index (χ0n) is 17.1. The van der Waals surface area contributed by atoms with Gasteiger partial charge in [-0.15, -0.1) is 0 Å². The van der Waals surface area contributed by atoms with Gasteiger partial charge in [-0.25, -0.2) is 19.7 Å². The summed E-state index contributed by atoms with van der Waals surface area (Å²) in [5.41, 5.74) is 7.11. The predicted molar refractivity (Wildman–Crippen MR) is 114 cm³/mol.